The van der Waals surface area contributed by atoms with Gasteiger partial charge in [-0.25, -0.2) is 0 Å². The van der Waals surface area contributed by atoms with Crippen LogP contribution >= 0.6 is 0 Å². The van der Waals surface area contributed by atoms with Crippen LogP contribution in [-0.4, -0.2) is 12.9 Å². The summed E-state index contributed by atoms with van der Waals surface area (Å²) < 4.78 is 0. The number of nitrogens with one attached hydrogen (secondary N) is 1. The molecule has 0 heterocycles. The van der Waals surface area contributed by atoms with Crippen molar-refractivity contribution < 1.29 is 0 Å². The molecule has 0 spiro atoms. The van der Waals surface area contributed by atoms with Crippen molar-refractivity contribution in [3.8, 4) is 0 Å². The van der Waals surface area contributed by atoms with Gasteiger partial charge in [-0.1, -0.05) is 18.2 Å². The fraction of sp³-hybridized carbons (Fsp3) is 0.0714. The Morgan fingerprint density at radius 2 is 1.47 bits per heavy atom. The molecule has 3 nitrogen and oxygen atoms in total. The lowest BCUT2D eigenvalue weighted by molar-refractivity contribution is 1.21. The molecule has 0 atom stereocenters. The number of benzene rings is 2. The van der Waals surface area contributed by atoms with E-state index >= 15 is 0 Å². The first kappa shape index (κ1) is 11.2. The maximum absolute atomic E-state index is 7.34. The van der Waals surface area contributed by atoms with Crippen molar-refractivity contribution in [3.05, 3.63) is 60.2 Å². The molecule has 17 heavy (non-hydrogen) atoms. The average molecular weight is 225 g/mol. The van der Waals surface area contributed by atoms with Gasteiger partial charge < -0.3 is 10.6 Å². The smallest absolute Gasteiger partial charge is 0.122 e. The van der Waals surface area contributed by atoms with Crippen LogP contribution in [0.1, 0.15) is 5.56 Å². The Labute approximate surface area is 101 Å². The first-order valence-electron chi connectivity index (χ1n) is 5.42. The summed E-state index contributed by atoms with van der Waals surface area (Å²) in [5.41, 5.74) is 8.36. The van der Waals surface area contributed by atoms with Crippen molar-refractivity contribution in [3.63, 3.8) is 0 Å². The van der Waals surface area contributed by atoms with E-state index in [9.17, 15) is 0 Å². The SMILES string of the molecule is CN(c1ccccc1)c1ccc(C(=N)N)cc1. The van der Waals surface area contributed by atoms with Crippen LogP contribution in [0.15, 0.2) is 54.6 Å². The third-order valence-corrected chi connectivity index (χ3v) is 2.71. The summed E-state index contributed by atoms with van der Waals surface area (Å²) in [6.45, 7) is 0. The molecule has 0 aliphatic rings. The van der Waals surface area contributed by atoms with Gasteiger partial charge in [0.25, 0.3) is 0 Å². The third kappa shape index (κ3) is 2.45. The van der Waals surface area contributed by atoms with Crippen LogP contribution in [0.25, 0.3) is 0 Å². The Hall–Kier alpha value is -2.29. The van der Waals surface area contributed by atoms with E-state index in [4.69, 9.17) is 11.1 Å². The second kappa shape index (κ2) is 4.70. The minimum Gasteiger partial charge on any atom is -0.384 e. The molecule has 2 aromatic rings. The Kier molecular flexibility index (Phi) is 3.10. The number of rotatable bonds is 3. The fourth-order valence-corrected chi connectivity index (χ4v) is 1.67. The molecule has 0 aliphatic carbocycles. The summed E-state index contributed by atoms with van der Waals surface area (Å²) in [4.78, 5) is 2.09. The summed E-state index contributed by atoms with van der Waals surface area (Å²) in [5, 5.41) is 7.34. The van der Waals surface area contributed by atoms with Crippen molar-refractivity contribution in [1.29, 1.82) is 5.41 Å². The highest BCUT2D eigenvalue weighted by atomic mass is 15.1. The molecule has 0 radical (unpaired) electrons. The minimum absolute atomic E-state index is 0.0962. The van der Waals surface area contributed by atoms with Crippen molar-refractivity contribution >= 4 is 17.2 Å². The van der Waals surface area contributed by atoms with Gasteiger partial charge in [-0.3, -0.25) is 5.41 Å². The normalized spacial score (nSPS) is 9.94. The van der Waals surface area contributed by atoms with E-state index < -0.39 is 0 Å². The van der Waals surface area contributed by atoms with Gasteiger partial charge in [0.2, 0.25) is 0 Å². The van der Waals surface area contributed by atoms with Gasteiger partial charge in [0, 0.05) is 24.0 Å². The van der Waals surface area contributed by atoms with Crippen LogP contribution in [0, 0.1) is 5.41 Å². The van der Waals surface area contributed by atoms with Gasteiger partial charge in [-0.2, -0.15) is 0 Å². The van der Waals surface area contributed by atoms with Crippen molar-refractivity contribution in [2.75, 3.05) is 11.9 Å². The molecule has 3 heteroatoms. The number of hydrogen-bond acceptors (Lipinski definition) is 2. The number of para-hydroxylation sites is 1. The third-order valence-electron chi connectivity index (χ3n) is 2.71. The zero-order chi connectivity index (χ0) is 12.3. The second-order valence-corrected chi connectivity index (χ2v) is 3.86. The minimum atomic E-state index is 0.0962. The predicted octanol–water partition coefficient (Wildman–Crippen LogP) is 2.74. The van der Waals surface area contributed by atoms with Crippen LogP contribution < -0.4 is 10.6 Å². The highest BCUT2D eigenvalue weighted by molar-refractivity contribution is 5.95. The van der Waals surface area contributed by atoms with E-state index in [-0.39, 0.29) is 5.84 Å². The summed E-state index contributed by atoms with van der Waals surface area (Å²) in [5.74, 6) is 0.0962. The summed E-state index contributed by atoms with van der Waals surface area (Å²) >= 11 is 0. The Bertz CT molecular complexity index is 503. The number of nitrogens with two attached hydrogens (primary N) is 1. The maximum Gasteiger partial charge on any atom is 0.122 e. The van der Waals surface area contributed by atoms with Crippen LogP contribution in [0.2, 0.25) is 0 Å². The zero-order valence-electron chi connectivity index (χ0n) is 9.72. The molecule has 2 rings (SSSR count). The topological polar surface area (TPSA) is 53.1 Å². The van der Waals surface area contributed by atoms with Crippen LogP contribution in [0.4, 0.5) is 11.4 Å². The Balaban J connectivity index is 2.26. The molecule has 0 fully saturated rings. The summed E-state index contributed by atoms with van der Waals surface area (Å²) in [6, 6.07) is 17.8. The van der Waals surface area contributed by atoms with Crippen LogP contribution in [0.3, 0.4) is 0 Å². The molecule has 0 unspecified atom stereocenters. The predicted molar refractivity (Wildman–Crippen MR) is 72.0 cm³/mol. The molecule has 2 aromatic carbocycles. The van der Waals surface area contributed by atoms with Crippen LogP contribution in [0.5, 0.6) is 0 Å². The second-order valence-electron chi connectivity index (χ2n) is 3.86. The maximum atomic E-state index is 7.34. The summed E-state index contributed by atoms with van der Waals surface area (Å²) in [6.07, 6.45) is 0. The highest BCUT2D eigenvalue weighted by Gasteiger charge is 2.03. The molecule has 0 aliphatic heterocycles. The summed E-state index contributed by atoms with van der Waals surface area (Å²) in [7, 11) is 2.01. The Morgan fingerprint density at radius 1 is 0.941 bits per heavy atom. The molecular weight excluding hydrogens is 210 g/mol. The van der Waals surface area contributed by atoms with E-state index in [1.54, 1.807) is 0 Å². The van der Waals surface area contributed by atoms with Gasteiger partial charge in [-0.05, 0) is 36.4 Å². The quantitative estimate of drug-likeness (QED) is 0.623. The number of hydrogen-bond donors (Lipinski definition) is 2. The number of nitrogens with zero attached hydrogens (tertiary/aromatic N) is 1. The molecular formula is C14H15N3. The van der Waals surface area contributed by atoms with E-state index in [1.807, 2.05) is 49.5 Å². The lowest BCUT2D eigenvalue weighted by Crippen LogP contribution is -2.12. The van der Waals surface area contributed by atoms with E-state index in [0.717, 1.165) is 16.9 Å². The average Bonchev–Trinajstić information content (AvgIpc) is 2.39. The zero-order valence-corrected chi connectivity index (χ0v) is 9.72. The monoisotopic (exact) mass is 225 g/mol. The molecule has 0 amide bonds. The van der Waals surface area contributed by atoms with Gasteiger partial charge in [0.05, 0.1) is 0 Å². The highest BCUT2D eigenvalue weighted by Crippen LogP contribution is 2.22. The lowest BCUT2D eigenvalue weighted by atomic mass is 10.1. The first-order valence-corrected chi connectivity index (χ1v) is 5.42. The standard InChI is InChI=1S/C14H15N3/c1-17(12-5-3-2-4-6-12)13-9-7-11(8-10-13)14(15)16/h2-10H,1H3,(H3,15,16). The van der Waals surface area contributed by atoms with E-state index in [0.29, 0.717) is 0 Å². The van der Waals surface area contributed by atoms with Crippen molar-refractivity contribution in [1.82, 2.24) is 0 Å². The Morgan fingerprint density at radius 3 is 2.00 bits per heavy atom. The molecule has 0 bridgehead atoms. The molecule has 86 valence electrons. The molecule has 3 N–H and O–H groups in total. The van der Waals surface area contributed by atoms with Gasteiger partial charge in [0.1, 0.15) is 5.84 Å². The molecule has 0 saturated heterocycles. The van der Waals surface area contributed by atoms with E-state index in [1.165, 1.54) is 0 Å². The largest absolute Gasteiger partial charge is 0.384 e. The number of anilines is 2. The first-order chi connectivity index (χ1) is 8.18. The van der Waals surface area contributed by atoms with Gasteiger partial charge in [0.15, 0.2) is 0 Å². The molecule has 0 aromatic heterocycles. The lowest BCUT2D eigenvalue weighted by Gasteiger charge is -2.19. The number of nitrogen functional groups attached to an aromatic ring is 1. The van der Waals surface area contributed by atoms with Crippen LogP contribution in [-0.2, 0) is 0 Å². The molecule has 0 saturated carbocycles. The number of amidine groups is 1. The fourth-order valence-electron chi connectivity index (χ4n) is 1.67. The van der Waals surface area contributed by atoms with Gasteiger partial charge >= 0.3 is 0 Å². The van der Waals surface area contributed by atoms with Gasteiger partial charge in [-0.15, -0.1) is 0 Å². The van der Waals surface area contributed by atoms with Crippen molar-refractivity contribution in [2.45, 2.75) is 0 Å². The van der Waals surface area contributed by atoms with Crippen molar-refractivity contribution in [2.24, 2.45) is 5.73 Å². The van der Waals surface area contributed by atoms with E-state index in [2.05, 4.69) is 17.0 Å².